The van der Waals surface area contributed by atoms with Crippen molar-refractivity contribution in [2.75, 3.05) is 0 Å². The van der Waals surface area contributed by atoms with Gasteiger partial charge in [0, 0.05) is 11.6 Å². The number of aromatic nitrogens is 4. The van der Waals surface area contributed by atoms with E-state index in [0.29, 0.717) is 15.8 Å². The van der Waals surface area contributed by atoms with Crippen molar-refractivity contribution < 1.29 is 23.0 Å². The molecular weight excluding hydrogens is 445 g/mol. The van der Waals surface area contributed by atoms with Gasteiger partial charge in [0.15, 0.2) is 11.6 Å². The highest BCUT2D eigenvalue weighted by molar-refractivity contribution is 7.13. The Morgan fingerprint density at radius 2 is 1.88 bits per heavy atom. The lowest BCUT2D eigenvalue weighted by molar-refractivity contribution is 0.198. The first-order chi connectivity index (χ1) is 15.2. The first-order valence-electron chi connectivity index (χ1n) is 9.45. The Kier molecular flexibility index (Phi) is 5.85. The summed E-state index contributed by atoms with van der Waals surface area (Å²) in [5.74, 6) is -2.42. The Bertz CT molecular complexity index is 1330. The molecule has 0 bridgehead atoms. The molecule has 2 aromatic heterocycles. The Hall–Kier alpha value is -3.44. The maximum absolute atomic E-state index is 14.7. The standard InChI is InChI=1S/C21H17F3N4O3S/c1-11-20(32-19(26-11)12(2)29)31-18-7-6-13(8-17(18)24)28-21(30)27(10-25-28)9-14-15(22)4-3-5-16(14)23/h3-8,10,12,29H,9H2,1-2H3/t12-/m0/s1. The SMILES string of the molecule is Cc1nc([C@H](C)O)sc1Oc1ccc(-n2ncn(Cc3c(F)cccc3F)c2=O)cc1F. The molecule has 32 heavy (non-hydrogen) atoms. The van der Waals surface area contributed by atoms with Gasteiger partial charge in [-0.25, -0.2) is 22.9 Å². The van der Waals surface area contributed by atoms with E-state index in [1.54, 1.807) is 13.8 Å². The van der Waals surface area contributed by atoms with Crippen LogP contribution < -0.4 is 10.4 Å². The summed E-state index contributed by atoms with van der Waals surface area (Å²) in [4.78, 5) is 16.8. The van der Waals surface area contributed by atoms with E-state index in [9.17, 15) is 23.1 Å². The van der Waals surface area contributed by atoms with Gasteiger partial charge in [0.05, 0.1) is 17.9 Å². The topological polar surface area (TPSA) is 82.2 Å². The maximum atomic E-state index is 14.7. The number of nitrogens with zero attached hydrogens (tertiary/aromatic N) is 4. The van der Waals surface area contributed by atoms with Crippen molar-refractivity contribution in [2.45, 2.75) is 26.5 Å². The van der Waals surface area contributed by atoms with Crippen molar-refractivity contribution in [3.8, 4) is 16.5 Å². The van der Waals surface area contributed by atoms with E-state index < -0.39 is 29.2 Å². The van der Waals surface area contributed by atoms with Crippen LogP contribution in [0.5, 0.6) is 10.8 Å². The molecule has 2 aromatic carbocycles. The second kappa shape index (κ2) is 8.60. The van der Waals surface area contributed by atoms with E-state index in [0.717, 1.165) is 45.1 Å². The van der Waals surface area contributed by atoms with Crippen LogP contribution in [0.4, 0.5) is 13.2 Å². The molecule has 1 atom stereocenters. The molecule has 0 aliphatic heterocycles. The number of rotatable bonds is 6. The van der Waals surface area contributed by atoms with Crippen LogP contribution in [-0.2, 0) is 6.54 Å². The average molecular weight is 462 g/mol. The zero-order chi connectivity index (χ0) is 23.0. The summed E-state index contributed by atoms with van der Waals surface area (Å²) in [6.07, 6.45) is 0.345. The van der Waals surface area contributed by atoms with Gasteiger partial charge in [0.1, 0.15) is 29.1 Å². The van der Waals surface area contributed by atoms with Gasteiger partial charge in [-0.1, -0.05) is 17.4 Å². The number of ether oxygens (including phenoxy) is 1. The second-order valence-corrected chi connectivity index (χ2v) is 7.96. The van der Waals surface area contributed by atoms with Crippen LogP contribution in [0, 0.1) is 24.4 Å². The van der Waals surface area contributed by atoms with Crippen molar-refractivity contribution >= 4 is 11.3 Å². The predicted molar refractivity (Wildman–Crippen MR) is 111 cm³/mol. The Balaban J connectivity index is 1.59. The van der Waals surface area contributed by atoms with Gasteiger partial charge < -0.3 is 9.84 Å². The van der Waals surface area contributed by atoms with Crippen molar-refractivity contribution in [3.05, 3.63) is 86.9 Å². The largest absolute Gasteiger partial charge is 0.442 e. The lowest BCUT2D eigenvalue weighted by Crippen LogP contribution is -2.24. The second-order valence-electron chi connectivity index (χ2n) is 6.97. The van der Waals surface area contributed by atoms with Crippen LogP contribution in [0.1, 0.15) is 29.3 Å². The number of aryl methyl sites for hydroxylation is 1. The Morgan fingerprint density at radius 3 is 2.50 bits per heavy atom. The number of hydrogen-bond donors (Lipinski definition) is 1. The van der Waals surface area contributed by atoms with Gasteiger partial charge in [-0.2, -0.15) is 9.78 Å². The molecule has 0 unspecified atom stereocenters. The smallest absolute Gasteiger partial charge is 0.350 e. The zero-order valence-electron chi connectivity index (χ0n) is 16.9. The van der Waals surface area contributed by atoms with Crippen molar-refractivity contribution in [1.82, 2.24) is 19.3 Å². The molecule has 0 aliphatic rings. The highest BCUT2D eigenvalue weighted by Crippen LogP contribution is 2.35. The summed E-state index contributed by atoms with van der Waals surface area (Å²) < 4.78 is 49.9. The van der Waals surface area contributed by atoms with E-state index in [1.165, 1.54) is 18.2 Å². The van der Waals surface area contributed by atoms with Crippen molar-refractivity contribution in [1.29, 1.82) is 0 Å². The third-order valence-electron chi connectivity index (χ3n) is 4.61. The van der Waals surface area contributed by atoms with Crippen LogP contribution in [0.2, 0.25) is 0 Å². The fraction of sp³-hybridized carbons (Fsp3) is 0.190. The molecule has 0 spiro atoms. The number of benzene rings is 2. The summed E-state index contributed by atoms with van der Waals surface area (Å²) in [7, 11) is 0. The molecule has 11 heteroatoms. The van der Waals surface area contributed by atoms with E-state index in [4.69, 9.17) is 4.74 Å². The first-order valence-corrected chi connectivity index (χ1v) is 10.3. The van der Waals surface area contributed by atoms with Crippen LogP contribution in [-0.4, -0.2) is 24.4 Å². The Labute approximate surface area is 184 Å². The summed E-state index contributed by atoms with van der Waals surface area (Å²) in [5.41, 5.74) is -0.357. The van der Waals surface area contributed by atoms with Crippen LogP contribution in [0.15, 0.2) is 47.5 Å². The van der Waals surface area contributed by atoms with Gasteiger partial charge in [-0.05, 0) is 38.1 Å². The van der Waals surface area contributed by atoms with Crippen LogP contribution in [0.3, 0.4) is 0 Å². The zero-order valence-corrected chi connectivity index (χ0v) is 17.7. The summed E-state index contributed by atoms with van der Waals surface area (Å²) >= 11 is 1.10. The molecule has 0 saturated carbocycles. The normalized spacial score (nSPS) is 12.2. The average Bonchev–Trinajstić information content (AvgIpc) is 3.29. The molecule has 7 nitrogen and oxygen atoms in total. The fourth-order valence-corrected chi connectivity index (χ4v) is 3.82. The maximum Gasteiger partial charge on any atom is 0.350 e. The quantitative estimate of drug-likeness (QED) is 0.466. The summed E-state index contributed by atoms with van der Waals surface area (Å²) in [6.45, 7) is 2.88. The third kappa shape index (κ3) is 4.16. The summed E-state index contributed by atoms with van der Waals surface area (Å²) in [6, 6.07) is 7.23. The van der Waals surface area contributed by atoms with Crippen LogP contribution in [0.25, 0.3) is 5.69 Å². The van der Waals surface area contributed by atoms with Gasteiger partial charge in [0.2, 0.25) is 5.06 Å². The molecule has 0 aliphatic carbocycles. The minimum Gasteiger partial charge on any atom is -0.442 e. The van der Waals surface area contributed by atoms with Gasteiger partial charge in [0.25, 0.3) is 0 Å². The molecule has 1 N–H and O–H groups in total. The van der Waals surface area contributed by atoms with E-state index >= 15 is 0 Å². The lowest BCUT2D eigenvalue weighted by atomic mass is 10.2. The lowest BCUT2D eigenvalue weighted by Gasteiger charge is -2.07. The minimum absolute atomic E-state index is 0.0986. The van der Waals surface area contributed by atoms with E-state index in [-0.39, 0.29) is 23.5 Å². The van der Waals surface area contributed by atoms with Gasteiger partial charge in [-0.3, -0.25) is 4.57 Å². The molecule has 0 amide bonds. The number of hydrogen-bond acceptors (Lipinski definition) is 6. The predicted octanol–water partition coefficient (Wildman–Crippen LogP) is 4.11. The molecule has 2 heterocycles. The molecule has 0 fully saturated rings. The molecule has 4 aromatic rings. The molecule has 4 rings (SSSR count). The highest BCUT2D eigenvalue weighted by Gasteiger charge is 2.17. The molecule has 0 saturated heterocycles. The molecule has 0 radical (unpaired) electrons. The summed E-state index contributed by atoms with van der Waals surface area (Å²) in [5, 5.41) is 14.3. The van der Waals surface area contributed by atoms with Crippen molar-refractivity contribution in [2.24, 2.45) is 0 Å². The monoisotopic (exact) mass is 462 g/mol. The molecule has 166 valence electrons. The van der Waals surface area contributed by atoms with E-state index in [1.807, 2.05) is 0 Å². The Morgan fingerprint density at radius 1 is 1.16 bits per heavy atom. The third-order valence-corrected chi connectivity index (χ3v) is 5.82. The fourth-order valence-electron chi connectivity index (χ4n) is 2.95. The van der Waals surface area contributed by atoms with Gasteiger partial charge >= 0.3 is 5.69 Å². The van der Waals surface area contributed by atoms with Crippen molar-refractivity contribution in [3.63, 3.8) is 0 Å². The minimum atomic E-state index is -0.783. The molecular formula is C21H17F3N4O3S. The number of aliphatic hydroxyl groups excluding tert-OH is 1. The van der Waals surface area contributed by atoms with E-state index in [2.05, 4.69) is 10.1 Å². The number of halogens is 3. The highest BCUT2D eigenvalue weighted by atomic mass is 32.1. The van der Waals surface area contributed by atoms with Gasteiger partial charge in [-0.15, -0.1) is 0 Å². The first kappa shape index (κ1) is 21.8. The number of aliphatic hydroxyl groups is 1. The number of thiazole rings is 1. The van der Waals surface area contributed by atoms with Crippen LogP contribution >= 0.6 is 11.3 Å².